The lowest BCUT2D eigenvalue weighted by Gasteiger charge is -2.02. The van der Waals surface area contributed by atoms with Crippen molar-refractivity contribution < 1.29 is 4.79 Å². The second-order valence-electron chi connectivity index (χ2n) is 3.00. The molecule has 0 aromatic carbocycles. The van der Waals surface area contributed by atoms with Gasteiger partial charge in [0.1, 0.15) is 0 Å². The Morgan fingerprint density at radius 1 is 1.64 bits per heavy atom. The van der Waals surface area contributed by atoms with E-state index in [1.807, 2.05) is 6.92 Å². The van der Waals surface area contributed by atoms with Gasteiger partial charge in [0.25, 0.3) is 0 Å². The lowest BCUT2D eigenvalue weighted by Crippen LogP contribution is -2.28. The molecule has 1 rings (SSSR count). The van der Waals surface area contributed by atoms with Gasteiger partial charge >= 0.3 is 0 Å². The van der Waals surface area contributed by atoms with Gasteiger partial charge in [-0.25, -0.2) is 4.98 Å². The van der Waals surface area contributed by atoms with Crippen molar-refractivity contribution in [3.05, 3.63) is 11.1 Å². The number of rotatable bonds is 5. The van der Waals surface area contributed by atoms with E-state index < -0.39 is 0 Å². The monoisotopic (exact) mass is 213 g/mol. The van der Waals surface area contributed by atoms with Gasteiger partial charge in [-0.2, -0.15) is 0 Å². The first kappa shape index (κ1) is 11.1. The molecule has 0 aliphatic heterocycles. The van der Waals surface area contributed by atoms with Gasteiger partial charge in [0.2, 0.25) is 5.91 Å². The zero-order valence-electron chi connectivity index (χ0n) is 8.46. The molecule has 0 aliphatic carbocycles. The van der Waals surface area contributed by atoms with Crippen molar-refractivity contribution in [2.24, 2.45) is 0 Å². The molecule has 2 N–H and O–H groups in total. The molecule has 0 atom stereocenters. The van der Waals surface area contributed by atoms with Gasteiger partial charge in [0.05, 0.1) is 6.54 Å². The fourth-order valence-corrected chi connectivity index (χ4v) is 1.64. The largest absolute Gasteiger partial charge is 0.308 e. The molecule has 1 aromatic rings. The third-order valence-corrected chi connectivity index (χ3v) is 2.41. The molecule has 78 valence electrons. The van der Waals surface area contributed by atoms with E-state index in [-0.39, 0.29) is 5.91 Å². The summed E-state index contributed by atoms with van der Waals surface area (Å²) in [5.74, 6) is -0.0344. The van der Waals surface area contributed by atoms with Crippen molar-refractivity contribution >= 4 is 22.4 Å². The van der Waals surface area contributed by atoms with E-state index in [9.17, 15) is 4.79 Å². The van der Waals surface area contributed by atoms with Gasteiger partial charge in [-0.3, -0.25) is 4.79 Å². The van der Waals surface area contributed by atoms with Crippen LogP contribution in [0.4, 0.5) is 5.13 Å². The highest BCUT2D eigenvalue weighted by Crippen LogP contribution is 2.15. The zero-order chi connectivity index (χ0) is 10.4. The van der Waals surface area contributed by atoms with Crippen molar-refractivity contribution in [1.29, 1.82) is 0 Å². The van der Waals surface area contributed by atoms with Crippen LogP contribution in [0.25, 0.3) is 0 Å². The maximum atomic E-state index is 11.3. The summed E-state index contributed by atoms with van der Waals surface area (Å²) in [6.45, 7) is 5.24. The predicted molar refractivity (Wildman–Crippen MR) is 58.6 cm³/mol. The van der Waals surface area contributed by atoms with Crippen LogP contribution in [0.5, 0.6) is 0 Å². The molecule has 0 bridgehead atoms. The average molecular weight is 213 g/mol. The fourth-order valence-electron chi connectivity index (χ4n) is 0.955. The third-order valence-electron chi connectivity index (χ3n) is 1.58. The molecule has 1 heterocycles. The zero-order valence-corrected chi connectivity index (χ0v) is 9.28. The van der Waals surface area contributed by atoms with E-state index in [0.29, 0.717) is 11.7 Å². The molecular formula is C9H15N3OS. The summed E-state index contributed by atoms with van der Waals surface area (Å²) < 4.78 is 0. The summed E-state index contributed by atoms with van der Waals surface area (Å²) in [6, 6.07) is 0. The van der Waals surface area contributed by atoms with Crippen molar-refractivity contribution in [1.82, 2.24) is 10.3 Å². The highest BCUT2D eigenvalue weighted by Gasteiger charge is 2.03. The van der Waals surface area contributed by atoms with E-state index in [4.69, 9.17) is 0 Å². The number of thiazole rings is 1. The van der Waals surface area contributed by atoms with E-state index in [0.717, 1.165) is 17.8 Å². The quantitative estimate of drug-likeness (QED) is 0.727. The number of hydrogen-bond acceptors (Lipinski definition) is 4. The van der Waals surface area contributed by atoms with Gasteiger partial charge in [-0.05, 0) is 19.9 Å². The molecule has 1 aromatic heterocycles. The summed E-state index contributed by atoms with van der Waals surface area (Å²) in [5, 5.41) is 6.43. The Morgan fingerprint density at radius 2 is 2.43 bits per heavy atom. The van der Waals surface area contributed by atoms with Crippen molar-refractivity contribution in [3.8, 4) is 0 Å². The summed E-state index contributed by atoms with van der Waals surface area (Å²) in [5.41, 5.74) is 0. The van der Waals surface area contributed by atoms with Gasteiger partial charge in [0, 0.05) is 11.1 Å². The SMILES string of the molecule is CCCNCC(=O)Nc1ncc(C)s1. The Hall–Kier alpha value is -0.940. The van der Waals surface area contributed by atoms with Crippen LogP contribution in [0.15, 0.2) is 6.20 Å². The third kappa shape index (κ3) is 3.85. The molecule has 4 nitrogen and oxygen atoms in total. The molecule has 14 heavy (non-hydrogen) atoms. The highest BCUT2D eigenvalue weighted by atomic mass is 32.1. The average Bonchev–Trinajstić information content (AvgIpc) is 2.52. The number of carbonyl (C=O) groups is 1. The van der Waals surface area contributed by atoms with E-state index in [1.165, 1.54) is 11.3 Å². The molecule has 0 unspecified atom stereocenters. The number of nitrogens with zero attached hydrogens (tertiary/aromatic N) is 1. The first-order chi connectivity index (χ1) is 6.72. The first-order valence-electron chi connectivity index (χ1n) is 4.65. The molecule has 0 saturated carbocycles. The van der Waals surface area contributed by atoms with Crippen LogP contribution < -0.4 is 10.6 Å². The second-order valence-corrected chi connectivity index (χ2v) is 4.24. The Labute approximate surface area is 87.7 Å². The Bertz CT molecular complexity index is 298. The maximum absolute atomic E-state index is 11.3. The Kier molecular flexibility index (Phi) is 4.55. The first-order valence-corrected chi connectivity index (χ1v) is 5.47. The molecular weight excluding hydrogens is 198 g/mol. The molecule has 5 heteroatoms. The predicted octanol–water partition coefficient (Wildman–Crippen LogP) is 1.39. The molecule has 0 radical (unpaired) electrons. The van der Waals surface area contributed by atoms with E-state index in [2.05, 4.69) is 22.5 Å². The van der Waals surface area contributed by atoms with Gasteiger partial charge in [-0.1, -0.05) is 6.92 Å². The lowest BCUT2D eigenvalue weighted by atomic mass is 10.4. The van der Waals surface area contributed by atoms with Crippen LogP contribution >= 0.6 is 11.3 Å². The van der Waals surface area contributed by atoms with Crippen LogP contribution in [0, 0.1) is 6.92 Å². The van der Waals surface area contributed by atoms with Gasteiger partial charge in [-0.15, -0.1) is 11.3 Å². The summed E-state index contributed by atoms with van der Waals surface area (Å²) in [4.78, 5) is 16.4. The number of amides is 1. The Balaban J connectivity index is 2.27. The van der Waals surface area contributed by atoms with E-state index >= 15 is 0 Å². The highest BCUT2D eigenvalue weighted by molar-refractivity contribution is 7.15. The van der Waals surface area contributed by atoms with Crippen molar-refractivity contribution in [3.63, 3.8) is 0 Å². The van der Waals surface area contributed by atoms with Crippen LogP contribution in [-0.4, -0.2) is 24.0 Å². The smallest absolute Gasteiger partial charge is 0.240 e. The fraction of sp³-hybridized carbons (Fsp3) is 0.556. The molecule has 0 spiro atoms. The van der Waals surface area contributed by atoms with Gasteiger partial charge in [0.15, 0.2) is 5.13 Å². The van der Waals surface area contributed by atoms with Crippen LogP contribution in [0.1, 0.15) is 18.2 Å². The minimum Gasteiger partial charge on any atom is -0.308 e. The van der Waals surface area contributed by atoms with Crippen LogP contribution in [0.3, 0.4) is 0 Å². The second kappa shape index (κ2) is 5.72. The maximum Gasteiger partial charge on any atom is 0.240 e. The standard InChI is InChI=1S/C9H15N3OS/c1-3-4-10-6-8(13)12-9-11-5-7(2)14-9/h5,10H,3-4,6H2,1-2H3,(H,11,12,13). The van der Waals surface area contributed by atoms with Crippen LogP contribution in [-0.2, 0) is 4.79 Å². The normalized spacial score (nSPS) is 10.1. The van der Waals surface area contributed by atoms with E-state index in [1.54, 1.807) is 6.20 Å². The van der Waals surface area contributed by atoms with Crippen LogP contribution in [0.2, 0.25) is 0 Å². The number of nitrogens with one attached hydrogen (secondary N) is 2. The van der Waals surface area contributed by atoms with Crippen molar-refractivity contribution in [2.75, 3.05) is 18.4 Å². The topological polar surface area (TPSA) is 54.0 Å². The molecule has 0 aliphatic rings. The molecule has 1 amide bonds. The lowest BCUT2D eigenvalue weighted by molar-refractivity contribution is -0.115. The number of hydrogen-bond donors (Lipinski definition) is 2. The summed E-state index contributed by atoms with van der Waals surface area (Å²) in [6.07, 6.45) is 2.78. The minimum atomic E-state index is -0.0344. The van der Waals surface area contributed by atoms with Crippen molar-refractivity contribution in [2.45, 2.75) is 20.3 Å². The summed E-state index contributed by atoms with van der Waals surface area (Å²) in [7, 11) is 0. The Morgan fingerprint density at radius 3 is 3.00 bits per heavy atom. The summed E-state index contributed by atoms with van der Waals surface area (Å²) >= 11 is 1.48. The number of carbonyl (C=O) groups excluding carboxylic acids is 1. The minimum absolute atomic E-state index is 0.0344. The van der Waals surface area contributed by atoms with Gasteiger partial charge < -0.3 is 10.6 Å². The number of aryl methyl sites for hydroxylation is 1. The molecule has 0 fully saturated rings. The number of aromatic nitrogens is 1. The number of anilines is 1. The molecule has 0 saturated heterocycles.